The number of nitrogens with two attached hydrogens (primary N) is 1. The Morgan fingerprint density at radius 1 is 1.27 bits per heavy atom. The summed E-state index contributed by atoms with van der Waals surface area (Å²) in [5.74, 6) is 0. The van der Waals surface area contributed by atoms with Crippen LogP contribution in [0.25, 0.3) is 0 Å². The molecule has 0 heterocycles. The van der Waals surface area contributed by atoms with Crippen LogP contribution >= 0.6 is 11.6 Å². The van der Waals surface area contributed by atoms with E-state index in [0.717, 1.165) is 25.0 Å². The van der Waals surface area contributed by atoms with Gasteiger partial charge in [-0.2, -0.15) is 13.2 Å². The van der Waals surface area contributed by atoms with Gasteiger partial charge < -0.3 is 5.73 Å². The van der Waals surface area contributed by atoms with Crippen molar-refractivity contribution in [3.63, 3.8) is 0 Å². The lowest BCUT2D eigenvalue weighted by Crippen LogP contribution is -2.51. The maximum absolute atomic E-state index is 12.8. The first-order valence-corrected chi connectivity index (χ1v) is 8.57. The van der Waals surface area contributed by atoms with Gasteiger partial charge in [-0.25, -0.2) is 13.1 Å². The Labute approximate surface area is 131 Å². The molecular weight excluding hydrogens is 341 g/mol. The number of alkyl halides is 3. The van der Waals surface area contributed by atoms with Gasteiger partial charge in [0.25, 0.3) is 0 Å². The number of nitrogens with one attached hydrogen (secondary N) is 1. The van der Waals surface area contributed by atoms with E-state index in [1.807, 2.05) is 0 Å². The van der Waals surface area contributed by atoms with E-state index in [1.54, 1.807) is 0 Å². The van der Waals surface area contributed by atoms with Crippen LogP contribution in [0.2, 0.25) is 5.02 Å². The first-order chi connectivity index (χ1) is 10.1. The van der Waals surface area contributed by atoms with Gasteiger partial charge in [0.15, 0.2) is 0 Å². The molecule has 0 bridgehead atoms. The van der Waals surface area contributed by atoms with Gasteiger partial charge in [0.05, 0.1) is 10.6 Å². The zero-order valence-corrected chi connectivity index (χ0v) is 13.2. The maximum Gasteiger partial charge on any atom is 0.416 e. The molecule has 0 radical (unpaired) electrons. The second-order valence-electron chi connectivity index (χ2n) is 5.44. The lowest BCUT2D eigenvalue weighted by atomic mass is 10.0. The largest absolute Gasteiger partial charge is 0.416 e. The van der Waals surface area contributed by atoms with E-state index in [-0.39, 0.29) is 11.6 Å². The van der Waals surface area contributed by atoms with Crippen LogP contribution in [0.5, 0.6) is 0 Å². The predicted octanol–water partition coefficient (Wildman–Crippen LogP) is 2.91. The lowest BCUT2D eigenvalue weighted by molar-refractivity contribution is -0.137. The van der Waals surface area contributed by atoms with Crippen molar-refractivity contribution in [1.82, 2.24) is 4.72 Å². The third kappa shape index (κ3) is 3.56. The zero-order valence-electron chi connectivity index (χ0n) is 11.6. The van der Waals surface area contributed by atoms with E-state index in [4.69, 9.17) is 17.3 Å². The molecule has 0 spiro atoms. The maximum atomic E-state index is 12.8. The van der Waals surface area contributed by atoms with E-state index >= 15 is 0 Å². The minimum atomic E-state index is -4.65. The van der Waals surface area contributed by atoms with Crippen LogP contribution in [0.1, 0.15) is 31.2 Å². The molecule has 4 nitrogen and oxygen atoms in total. The third-order valence-corrected chi connectivity index (χ3v) is 5.91. The highest BCUT2D eigenvalue weighted by Gasteiger charge is 2.38. The third-order valence-electron chi connectivity index (χ3n) is 3.85. The average Bonchev–Trinajstić information content (AvgIpc) is 2.86. The molecule has 0 aliphatic heterocycles. The van der Waals surface area contributed by atoms with E-state index in [9.17, 15) is 21.6 Å². The van der Waals surface area contributed by atoms with Crippen molar-refractivity contribution in [2.45, 2.75) is 42.3 Å². The van der Waals surface area contributed by atoms with Crippen molar-refractivity contribution in [2.24, 2.45) is 5.73 Å². The van der Waals surface area contributed by atoms with Crippen LogP contribution in [0.4, 0.5) is 13.2 Å². The van der Waals surface area contributed by atoms with Crippen molar-refractivity contribution >= 4 is 21.6 Å². The SMILES string of the molecule is NCC1(NS(=O)(=O)c2cc(C(F)(F)F)ccc2Cl)CCCC1. The highest BCUT2D eigenvalue weighted by Crippen LogP contribution is 2.35. The lowest BCUT2D eigenvalue weighted by Gasteiger charge is -2.28. The zero-order chi connectivity index (χ0) is 16.6. The number of sulfonamides is 1. The summed E-state index contributed by atoms with van der Waals surface area (Å²) in [6.07, 6.45) is -1.90. The van der Waals surface area contributed by atoms with Crippen LogP contribution in [-0.4, -0.2) is 20.5 Å². The smallest absolute Gasteiger partial charge is 0.329 e. The van der Waals surface area contributed by atoms with Crippen molar-refractivity contribution in [3.05, 3.63) is 28.8 Å². The molecule has 1 aliphatic rings. The van der Waals surface area contributed by atoms with Crippen molar-refractivity contribution in [3.8, 4) is 0 Å². The van der Waals surface area contributed by atoms with Gasteiger partial charge in [-0.05, 0) is 31.0 Å². The quantitative estimate of drug-likeness (QED) is 0.871. The molecule has 0 amide bonds. The number of halogens is 4. The molecule has 1 aromatic rings. The fourth-order valence-corrected chi connectivity index (χ4v) is 4.62. The van der Waals surface area contributed by atoms with Gasteiger partial charge in [0.2, 0.25) is 10.0 Å². The average molecular weight is 357 g/mol. The van der Waals surface area contributed by atoms with Gasteiger partial charge in [-0.3, -0.25) is 0 Å². The van der Waals surface area contributed by atoms with Crippen molar-refractivity contribution < 1.29 is 21.6 Å². The van der Waals surface area contributed by atoms with Crippen LogP contribution in [0.15, 0.2) is 23.1 Å². The Morgan fingerprint density at radius 2 is 1.86 bits per heavy atom. The van der Waals surface area contributed by atoms with E-state index in [2.05, 4.69) is 4.72 Å². The summed E-state index contributed by atoms with van der Waals surface area (Å²) in [4.78, 5) is -0.580. The Kier molecular flexibility index (Phi) is 4.77. The van der Waals surface area contributed by atoms with E-state index < -0.39 is 32.2 Å². The Morgan fingerprint density at radius 3 is 2.36 bits per heavy atom. The molecule has 1 aromatic carbocycles. The summed E-state index contributed by atoms with van der Waals surface area (Å²) in [7, 11) is -4.19. The molecule has 2 rings (SSSR count). The highest BCUT2D eigenvalue weighted by atomic mass is 35.5. The molecule has 0 aromatic heterocycles. The van der Waals surface area contributed by atoms with Gasteiger partial charge in [-0.1, -0.05) is 24.4 Å². The topological polar surface area (TPSA) is 72.2 Å². The normalized spacial score (nSPS) is 18.6. The van der Waals surface area contributed by atoms with Crippen LogP contribution in [-0.2, 0) is 16.2 Å². The number of hydrogen-bond acceptors (Lipinski definition) is 3. The van der Waals surface area contributed by atoms with E-state index in [0.29, 0.717) is 18.9 Å². The monoisotopic (exact) mass is 356 g/mol. The summed E-state index contributed by atoms with van der Waals surface area (Å²) < 4.78 is 65.6. The molecule has 0 saturated heterocycles. The molecule has 3 N–H and O–H groups in total. The first-order valence-electron chi connectivity index (χ1n) is 6.70. The first kappa shape index (κ1) is 17.5. The minimum Gasteiger partial charge on any atom is -0.329 e. The van der Waals surface area contributed by atoms with Crippen molar-refractivity contribution in [2.75, 3.05) is 6.54 Å². The highest BCUT2D eigenvalue weighted by molar-refractivity contribution is 7.89. The Bertz CT molecular complexity index is 656. The molecule has 1 saturated carbocycles. The van der Waals surface area contributed by atoms with Crippen LogP contribution in [0, 0.1) is 0 Å². The Hall–Kier alpha value is -0.830. The Balaban J connectivity index is 2.41. The molecule has 124 valence electrons. The number of rotatable bonds is 4. The molecule has 1 aliphatic carbocycles. The second-order valence-corrected chi connectivity index (χ2v) is 7.50. The predicted molar refractivity (Wildman–Crippen MR) is 77.0 cm³/mol. The standard InChI is InChI=1S/C13H16ClF3N2O2S/c14-10-4-3-9(13(15,16)17)7-11(10)22(20,21)19-12(8-18)5-1-2-6-12/h3-4,7,19H,1-2,5-6,8,18H2. The van der Waals surface area contributed by atoms with Gasteiger partial charge in [0.1, 0.15) is 4.90 Å². The molecular formula is C13H16ClF3N2O2S. The molecule has 0 unspecified atom stereocenters. The molecule has 22 heavy (non-hydrogen) atoms. The summed E-state index contributed by atoms with van der Waals surface area (Å²) >= 11 is 5.79. The van der Waals surface area contributed by atoms with Crippen LogP contribution in [0.3, 0.4) is 0 Å². The summed E-state index contributed by atoms with van der Waals surface area (Å²) in [6, 6.07) is 2.22. The molecule has 1 fully saturated rings. The van der Waals surface area contributed by atoms with Crippen molar-refractivity contribution in [1.29, 1.82) is 0 Å². The summed E-state index contributed by atoms with van der Waals surface area (Å²) in [5, 5.41) is -0.259. The van der Waals surface area contributed by atoms with Crippen LogP contribution < -0.4 is 10.5 Å². The fraction of sp³-hybridized carbons (Fsp3) is 0.538. The molecule has 0 atom stereocenters. The summed E-state index contributed by atoms with van der Waals surface area (Å²) in [6.45, 7) is 0.0861. The van der Waals surface area contributed by atoms with Gasteiger partial charge in [0, 0.05) is 12.1 Å². The number of hydrogen-bond donors (Lipinski definition) is 2. The van der Waals surface area contributed by atoms with Gasteiger partial charge in [-0.15, -0.1) is 0 Å². The van der Waals surface area contributed by atoms with Gasteiger partial charge >= 0.3 is 6.18 Å². The summed E-state index contributed by atoms with van der Waals surface area (Å²) in [5.41, 5.74) is 3.78. The second kappa shape index (κ2) is 5.99. The minimum absolute atomic E-state index is 0.0861. The van der Waals surface area contributed by atoms with E-state index in [1.165, 1.54) is 0 Å². The number of benzene rings is 1. The fourth-order valence-electron chi connectivity index (χ4n) is 2.63. The molecule has 9 heteroatoms.